The summed E-state index contributed by atoms with van der Waals surface area (Å²) in [5.74, 6) is 0. The van der Waals surface area contributed by atoms with Gasteiger partial charge in [0, 0.05) is 0 Å². The molecule has 0 amide bonds. The van der Waals surface area contributed by atoms with Crippen LogP contribution in [0, 0.1) is 27.7 Å². The minimum Gasteiger partial charge on any atom is -0.384 e. The van der Waals surface area contributed by atoms with Crippen LogP contribution >= 0.6 is 0 Å². The van der Waals surface area contributed by atoms with E-state index in [0.717, 1.165) is 16.7 Å². The normalized spacial score (nSPS) is 12.5. The van der Waals surface area contributed by atoms with Crippen molar-refractivity contribution in [3.8, 4) is 0 Å². The maximum atomic E-state index is 10.5. The third-order valence-electron chi connectivity index (χ3n) is 3.58. The Kier molecular flexibility index (Phi) is 3.53. The minimum absolute atomic E-state index is 0.538. The molecule has 0 heterocycles. The molecule has 0 fully saturated rings. The number of rotatable bonds is 2. The van der Waals surface area contributed by atoms with Crippen molar-refractivity contribution in [1.82, 2.24) is 0 Å². The highest BCUT2D eigenvalue weighted by atomic mass is 16.3. The van der Waals surface area contributed by atoms with E-state index in [1.165, 1.54) is 16.7 Å². The SMILES string of the molecule is Cc1ccc(C)c(C(O)c2ccc(C)c(C)c2)c1. The Morgan fingerprint density at radius 2 is 1.44 bits per heavy atom. The number of aliphatic hydroxyl groups excluding tert-OH is 1. The van der Waals surface area contributed by atoms with Crippen LogP contribution in [-0.4, -0.2) is 5.11 Å². The van der Waals surface area contributed by atoms with E-state index in [1.807, 2.05) is 13.0 Å². The summed E-state index contributed by atoms with van der Waals surface area (Å²) in [6, 6.07) is 12.4. The van der Waals surface area contributed by atoms with E-state index < -0.39 is 6.10 Å². The monoisotopic (exact) mass is 240 g/mol. The highest BCUT2D eigenvalue weighted by Gasteiger charge is 2.13. The first kappa shape index (κ1) is 12.8. The summed E-state index contributed by atoms with van der Waals surface area (Å²) < 4.78 is 0. The van der Waals surface area contributed by atoms with Gasteiger partial charge in [0.15, 0.2) is 0 Å². The molecule has 2 rings (SSSR count). The van der Waals surface area contributed by atoms with E-state index in [9.17, 15) is 5.11 Å². The molecule has 0 saturated heterocycles. The van der Waals surface area contributed by atoms with E-state index in [-0.39, 0.29) is 0 Å². The van der Waals surface area contributed by atoms with Crippen molar-refractivity contribution in [1.29, 1.82) is 0 Å². The Labute approximate surface area is 109 Å². The number of hydrogen-bond donors (Lipinski definition) is 1. The van der Waals surface area contributed by atoms with Gasteiger partial charge in [-0.15, -0.1) is 0 Å². The smallest absolute Gasteiger partial charge is 0.104 e. The summed E-state index contributed by atoms with van der Waals surface area (Å²) >= 11 is 0. The molecule has 0 spiro atoms. The zero-order valence-corrected chi connectivity index (χ0v) is 11.5. The predicted molar refractivity (Wildman–Crippen MR) is 75.9 cm³/mol. The average molecular weight is 240 g/mol. The van der Waals surface area contributed by atoms with Crippen molar-refractivity contribution in [2.45, 2.75) is 33.8 Å². The van der Waals surface area contributed by atoms with Crippen LogP contribution in [0.3, 0.4) is 0 Å². The van der Waals surface area contributed by atoms with Gasteiger partial charge in [-0.3, -0.25) is 0 Å². The molecule has 1 atom stereocenters. The minimum atomic E-state index is -0.538. The van der Waals surface area contributed by atoms with Gasteiger partial charge >= 0.3 is 0 Å². The molecule has 1 heteroatoms. The van der Waals surface area contributed by atoms with Gasteiger partial charge in [0.05, 0.1) is 0 Å². The zero-order chi connectivity index (χ0) is 13.3. The van der Waals surface area contributed by atoms with Gasteiger partial charge in [-0.25, -0.2) is 0 Å². The molecule has 0 aliphatic heterocycles. The van der Waals surface area contributed by atoms with Gasteiger partial charge in [-0.2, -0.15) is 0 Å². The number of aryl methyl sites for hydroxylation is 4. The highest BCUT2D eigenvalue weighted by Crippen LogP contribution is 2.26. The fourth-order valence-electron chi connectivity index (χ4n) is 2.17. The Hall–Kier alpha value is -1.60. The Balaban J connectivity index is 2.44. The van der Waals surface area contributed by atoms with Crippen molar-refractivity contribution in [3.05, 3.63) is 69.8 Å². The summed E-state index contributed by atoms with van der Waals surface area (Å²) in [5, 5.41) is 10.5. The van der Waals surface area contributed by atoms with Gasteiger partial charge in [0.1, 0.15) is 6.10 Å². The lowest BCUT2D eigenvalue weighted by Gasteiger charge is -2.16. The Morgan fingerprint density at radius 1 is 0.778 bits per heavy atom. The molecule has 1 nitrogen and oxygen atoms in total. The lowest BCUT2D eigenvalue weighted by Crippen LogP contribution is -2.03. The maximum Gasteiger partial charge on any atom is 0.104 e. The second kappa shape index (κ2) is 4.95. The van der Waals surface area contributed by atoms with Gasteiger partial charge in [0.25, 0.3) is 0 Å². The van der Waals surface area contributed by atoms with Crippen molar-refractivity contribution < 1.29 is 5.11 Å². The van der Waals surface area contributed by atoms with E-state index in [4.69, 9.17) is 0 Å². The van der Waals surface area contributed by atoms with Crippen LogP contribution in [0.1, 0.15) is 39.5 Å². The Bertz CT molecular complexity index is 570. The van der Waals surface area contributed by atoms with Crippen LogP contribution in [0.15, 0.2) is 36.4 Å². The molecule has 0 saturated carbocycles. The summed E-state index contributed by atoms with van der Waals surface area (Å²) in [5.41, 5.74) is 6.75. The van der Waals surface area contributed by atoms with E-state index in [0.29, 0.717) is 0 Å². The molecule has 2 aromatic rings. The van der Waals surface area contributed by atoms with E-state index in [1.54, 1.807) is 0 Å². The van der Waals surface area contributed by atoms with E-state index in [2.05, 4.69) is 51.1 Å². The van der Waals surface area contributed by atoms with Gasteiger partial charge in [0.2, 0.25) is 0 Å². The molecule has 1 unspecified atom stereocenters. The summed E-state index contributed by atoms with van der Waals surface area (Å²) in [6.07, 6.45) is -0.538. The molecule has 0 aliphatic carbocycles. The quantitative estimate of drug-likeness (QED) is 0.841. The van der Waals surface area contributed by atoms with Crippen LogP contribution in [0.4, 0.5) is 0 Å². The topological polar surface area (TPSA) is 20.2 Å². The molecular weight excluding hydrogens is 220 g/mol. The maximum absolute atomic E-state index is 10.5. The van der Waals surface area contributed by atoms with Crippen molar-refractivity contribution in [3.63, 3.8) is 0 Å². The fraction of sp³-hybridized carbons (Fsp3) is 0.294. The van der Waals surface area contributed by atoms with Gasteiger partial charge in [-0.05, 0) is 55.5 Å². The van der Waals surface area contributed by atoms with Crippen molar-refractivity contribution in [2.75, 3.05) is 0 Å². The summed E-state index contributed by atoms with van der Waals surface area (Å²) in [6.45, 7) is 8.26. The summed E-state index contributed by atoms with van der Waals surface area (Å²) in [7, 11) is 0. The zero-order valence-electron chi connectivity index (χ0n) is 11.5. The van der Waals surface area contributed by atoms with Crippen molar-refractivity contribution in [2.24, 2.45) is 0 Å². The number of benzene rings is 2. The Morgan fingerprint density at radius 3 is 2.11 bits per heavy atom. The van der Waals surface area contributed by atoms with Crippen molar-refractivity contribution >= 4 is 0 Å². The molecule has 94 valence electrons. The number of hydrogen-bond acceptors (Lipinski definition) is 1. The largest absolute Gasteiger partial charge is 0.384 e. The fourth-order valence-corrected chi connectivity index (χ4v) is 2.17. The third-order valence-corrected chi connectivity index (χ3v) is 3.58. The first-order valence-corrected chi connectivity index (χ1v) is 6.31. The lowest BCUT2D eigenvalue weighted by atomic mass is 9.94. The van der Waals surface area contributed by atoms with Crippen LogP contribution in [0.2, 0.25) is 0 Å². The standard InChI is InChI=1S/C17H20O/c1-11-5-6-13(3)16(9-11)17(18)15-8-7-12(2)14(4)10-15/h5-10,17-18H,1-4H3. The van der Waals surface area contributed by atoms with E-state index >= 15 is 0 Å². The first-order chi connectivity index (χ1) is 8.49. The molecule has 18 heavy (non-hydrogen) atoms. The predicted octanol–water partition coefficient (Wildman–Crippen LogP) is 4.00. The molecule has 0 aliphatic rings. The first-order valence-electron chi connectivity index (χ1n) is 6.31. The molecule has 0 radical (unpaired) electrons. The van der Waals surface area contributed by atoms with Crippen LogP contribution in [0.5, 0.6) is 0 Å². The highest BCUT2D eigenvalue weighted by molar-refractivity contribution is 5.40. The molecule has 0 bridgehead atoms. The van der Waals surface area contributed by atoms with Crippen LogP contribution in [-0.2, 0) is 0 Å². The lowest BCUT2D eigenvalue weighted by molar-refractivity contribution is 0.219. The molecule has 2 aromatic carbocycles. The second-order valence-electron chi connectivity index (χ2n) is 5.11. The molecule has 1 N–H and O–H groups in total. The second-order valence-corrected chi connectivity index (χ2v) is 5.11. The average Bonchev–Trinajstić information content (AvgIpc) is 2.35. The third kappa shape index (κ3) is 2.46. The van der Waals surface area contributed by atoms with Crippen LogP contribution in [0.25, 0.3) is 0 Å². The summed E-state index contributed by atoms with van der Waals surface area (Å²) in [4.78, 5) is 0. The molecule has 0 aromatic heterocycles. The van der Waals surface area contributed by atoms with Gasteiger partial charge in [-0.1, -0.05) is 42.0 Å². The van der Waals surface area contributed by atoms with Gasteiger partial charge < -0.3 is 5.11 Å². The number of aliphatic hydroxyl groups is 1. The van der Waals surface area contributed by atoms with Crippen LogP contribution < -0.4 is 0 Å². The molecular formula is C17H20O.